The standard InChI is InChI=1S/C17H18FNO3/c1-22-11-13-5-2-3-8-15(13)19-17(21)10-16(20)12-6-4-7-14(18)9-12/h2-9,16,20H,10-11H2,1H3,(H,19,21). The predicted molar refractivity (Wildman–Crippen MR) is 81.8 cm³/mol. The number of para-hydroxylation sites is 1. The Morgan fingerprint density at radius 1 is 1.27 bits per heavy atom. The number of ether oxygens (including phenoxy) is 1. The van der Waals surface area contributed by atoms with Crippen molar-refractivity contribution in [3.63, 3.8) is 0 Å². The zero-order valence-corrected chi connectivity index (χ0v) is 12.3. The molecule has 116 valence electrons. The molecular weight excluding hydrogens is 285 g/mol. The van der Waals surface area contributed by atoms with Gasteiger partial charge in [0.1, 0.15) is 5.82 Å². The average Bonchev–Trinajstić information content (AvgIpc) is 2.49. The molecule has 0 aromatic heterocycles. The smallest absolute Gasteiger partial charge is 0.227 e. The molecular formula is C17H18FNO3. The molecule has 0 aliphatic carbocycles. The third-order valence-electron chi connectivity index (χ3n) is 3.20. The molecule has 22 heavy (non-hydrogen) atoms. The Kier molecular flexibility index (Phi) is 5.63. The third kappa shape index (κ3) is 4.38. The molecule has 0 aliphatic heterocycles. The SMILES string of the molecule is COCc1ccccc1NC(=O)CC(O)c1cccc(F)c1. The van der Waals surface area contributed by atoms with Crippen LogP contribution in [0.25, 0.3) is 0 Å². The van der Waals surface area contributed by atoms with Crippen molar-refractivity contribution in [2.75, 3.05) is 12.4 Å². The van der Waals surface area contributed by atoms with E-state index in [4.69, 9.17) is 4.74 Å². The number of rotatable bonds is 6. The number of benzene rings is 2. The van der Waals surface area contributed by atoms with Crippen LogP contribution in [-0.4, -0.2) is 18.1 Å². The van der Waals surface area contributed by atoms with Gasteiger partial charge in [0.25, 0.3) is 0 Å². The number of carbonyl (C=O) groups is 1. The molecule has 0 bridgehead atoms. The molecule has 1 unspecified atom stereocenters. The molecule has 0 saturated heterocycles. The molecule has 2 aromatic carbocycles. The number of amides is 1. The average molecular weight is 303 g/mol. The first-order valence-electron chi connectivity index (χ1n) is 6.90. The number of hydrogen-bond donors (Lipinski definition) is 2. The lowest BCUT2D eigenvalue weighted by Crippen LogP contribution is -2.16. The molecule has 0 fully saturated rings. The fourth-order valence-corrected chi connectivity index (χ4v) is 2.13. The van der Waals surface area contributed by atoms with E-state index in [1.165, 1.54) is 18.2 Å². The summed E-state index contributed by atoms with van der Waals surface area (Å²) in [4.78, 5) is 12.0. The maximum atomic E-state index is 13.1. The van der Waals surface area contributed by atoms with Gasteiger partial charge in [-0.1, -0.05) is 30.3 Å². The van der Waals surface area contributed by atoms with Crippen LogP contribution in [0.3, 0.4) is 0 Å². The largest absolute Gasteiger partial charge is 0.388 e. The summed E-state index contributed by atoms with van der Waals surface area (Å²) in [7, 11) is 1.58. The molecule has 2 aromatic rings. The summed E-state index contributed by atoms with van der Waals surface area (Å²) in [5, 5.41) is 12.8. The number of carbonyl (C=O) groups excluding carboxylic acids is 1. The molecule has 4 nitrogen and oxygen atoms in total. The highest BCUT2D eigenvalue weighted by Crippen LogP contribution is 2.20. The Bertz CT molecular complexity index is 645. The Morgan fingerprint density at radius 2 is 2.05 bits per heavy atom. The molecule has 0 saturated carbocycles. The topological polar surface area (TPSA) is 58.6 Å². The monoisotopic (exact) mass is 303 g/mol. The predicted octanol–water partition coefficient (Wildman–Crippen LogP) is 3.03. The first-order chi connectivity index (χ1) is 10.6. The first-order valence-corrected chi connectivity index (χ1v) is 6.90. The van der Waals surface area contributed by atoms with Crippen molar-refractivity contribution < 1.29 is 19.0 Å². The Balaban J connectivity index is 2.01. The molecule has 1 atom stereocenters. The van der Waals surface area contributed by atoms with Crippen LogP contribution in [0.5, 0.6) is 0 Å². The summed E-state index contributed by atoms with van der Waals surface area (Å²) in [5.74, 6) is -0.789. The second kappa shape index (κ2) is 7.68. The molecule has 0 aliphatic rings. The number of aliphatic hydroxyl groups excluding tert-OH is 1. The highest BCUT2D eigenvalue weighted by molar-refractivity contribution is 5.91. The van der Waals surface area contributed by atoms with Crippen LogP contribution in [0.1, 0.15) is 23.7 Å². The van der Waals surface area contributed by atoms with E-state index in [-0.39, 0.29) is 12.3 Å². The molecule has 5 heteroatoms. The van der Waals surface area contributed by atoms with Crippen molar-refractivity contribution in [2.45, 2.75) is 19.1 Å². The second-order valence-corrected chi connectivity index (χ2v) is 4.91. The van der Waals surface area contributed by atoms with Gasteiger partial charge >= 0.3 is 0 Å². The van der Waals surface area contributed by atoms with Crippen LogP contribution in [0, 0.1) is 5.82 Å². The van der Waals surface area contributed by atoms with Crippen LogP contribution in [0.4, 0.5) is 10.1 Å². The second-order valence-electron chi connectivity index (χ2n) is 4.91. The van der Waals surface area contributed by atoms with Gasteiger partial charge in [0.05, 0.1) is 19.1 Å². The maximum Gasteiger partial charge on any atom is 0.227 e. The van der Waals surface area contributed by atoms with Crippen LogP contribution >= 0.6 is 0 Å². The van der Waals surface area contributed by atoms with Gasteiger partial charge in [-0.05, 0) is 23.8 Å². The summed E-state index contributed by atoms with van der Waals surface area (Å²) in [5.41, 5.74) is 1.86. The van der Waals surface area contributed by atoms with Crippen LogP contribution < -0.4 is 5.32 Å². The number of anilines is 1. The van der Waals surface area contributed by atoms with Gasteiger partial charge in [-0.15, -0.1) is 0 Å². The minimum absolute atomic E-state index is 0.148. The van der Waals surface area contributed by atoms with E-state index in [1.54, 1.807) is 25.3 Å². The van der Waals surface area contributed by atoms with Gasteiger partial charge in [0.15, 0.2) is 0 Å². The summed E-state index contributed by atoms with van der Waals surface area (Å²) in [6.07, 6.45) is -1.20. The zero-order valence-electron chi connectivity index (χ0n) is 12.3. The van der Waals surface area contributed by atoms with E-state index in [0.29, 0.717) is 17.9 Å². The number of methoxy groups -OCH3 is 1. The minimum atomic E-state index is -1.05. The van der Waals surface area contributed by atoms with Crippen molar-refractivity contribution in [1.29, 1.82) is 0 Å². The molecule has 0 radical (unpaired) electrons. The van der Waals surface area contributed by atoms with E-state index in [0.717, 1.165) is 5.56 Å². The van der Waals surface area contributed by atoms with Crippen LogP contribution in [0.15, 0.2) is 48.5 Å². The molecule has 0 spiro atoms. The lowest BCUT2D eigenvalue weighted by Gasteiger charge is -2.13. The molecule has 2 N–H and O–H groups in total. The summed E-state index contributed by atoms with van der Waals surface area (Å²) >= 11 is 0. The van der Waals surface area contributed by atoms with Crippen molar-refractivity contribution in [2.24, 2.45) is 0 Å². The van der Waals surface area contributed by atoms with Gasteiger partial charge in [0, 0.05) is 18.4 Å². The lowest BCUT2D eigenvalue weighted by molar-refractivity contribution is -0.118. The Hall–Kier alpha value is -2.24. The number of nitrogens with one attached hydrogen (secondary N) is 1. The van der Waals surface area contributed by atoms with Gasteiger partial charge < -0.3 is 15.2 Å². The zero-order chi connectivity index (χ0) is 15.9. The molecule has 2 rings (SSSR count). The maximum absolute atomic E-state index is 13.1. The summed E-state index contributed by atoms with van der Waals surface area (Å²) in [6, 6.07) is 12.9. The van der Waals surface area contributed by atoms with Crippen molar-refractivity contribution in [3.8, 4) is 0 Å². The van der Waals surface area contributed by atoms with Crippen molar-refractivity contribution in [1.82, 2.24) is 0 Å². The van der Waals surface area contributed by atoms with E-state index < -0.39 is 11.9 Å². The van der Waals surface area contributed by atoms with E-state index in [1.807, 2.05) is 12.1 Å². The van der Waals surface area contributed by atoms with Crippen molar-refractivity contribution in [3.05, 3.63) is 65.5 Å². The number of halogens is 1. The Morgan fingerprint density at radius 3 is 2.77 bits per heavy atom. The van der Waals surface area contributed by atoms with Crippen molar-refractivity contribution >= 4 is 11.6 Å². The van der Waals surface area contributed by atoms with Crippen LogP contribution in [0.2, 0.25) is 0 Å². The van der Waals surface area contributed by atoms with E-state index in [2.05, 4.69) is 5.32 Å². The minimum Gasteiger partial charge on any atom is -0.388 e. The van der Waals surface area contributed by atoms with Crippen LogP contribution in [-0.2, 0) is 16.1 Å². The van der Waals surface area contributed by atoms with Gasteiger partial charge in [0.2, 0.25) is 5.91 Å². The van der Waals surface area contributed by atoms with Gasteiger partial charge in [-0.25, -0.2) is 4.39 Å². The quantitative estimate of drug-likeness (QED) is 0.862. The van der Waals surface area contributed by atoms with E-state index >= 15 is 0 Å². The van der Waals surface area contributed by atoms with Gasteiger partial charge in [-0.2, -0.15) is 0 Å². The fourth-order valence-electron chi connectivity index (χ4n) is 2.13. The molecule has 1 amide bonds. The van der Waals surface area contributed by atoms with Gasteiger partial charge in [-0.3, -0.25) is 4.79 Å². The molecule has 0 heterocycles. The first kappa shape index (κ1) is 16.1. The summed E-state index contributed by atoms with van der Waals surface area (Å²) in [6.45, 7) is 0.378. The summed E-state index contributed by atoms with van der Waals surface area (Å²) < 4.78 is 18.2. The van der Waals surface area contributed by atoms with E-state index in [9.17, 15) is 14.3 Å². The number of aliphatic hydroxyl groups is 1. The lowest BCUT2D eigenvalue weighted by atomic mass is 10.1. The highest BCUT2D eigenvalue weighted by atomic mass is 19.1. The highest BCUT2D eigenvalue weighted by Gasteiger charge is 2.14. The normalized spacial score (nSPS) is 12.0. The Labute approximate surface area is 128 Å². The third-order valence-corrected chi connectivity index (χ3v) is 3.20. The fraction of sp³-hybridized carbons (Fsp3) is 0.235. The number of hydrogen-bond acceptors (Lipinski definition) is 3.